The van der Waals surface area contributed by atoms with Crippen LogP contribution in [0.1, 0.15) is 6.92 Å². The van der Waals surface area contributed by atoms with Crippen molar-refractivity contribution in [2.45, 2.75) is 13.0 Å². The number of hydrogen-bond donors (Lipinski definition) is 1. The van der Waals surface area contributed by atoms with E-state index in [0.29, 0.717) is 26.3 Å². The van der Waals surface area contributed by atoms with Gasteiger partial charge in [0.15, 0.2) is 0 Å². The summed E-state index contributed by atoms with van der Waals surface area (Å²) in [4.78, 5) is 36.7. The van der Waals surface area contributed by atoms with Crippen molar-refractivity contribution in [2.24, 2.45) is 0 Å². The molecule has 1 atom stereocenters. The van der Waals surface area contributed by atoms with Crippen molar-refractivity contribution in [1.82, 2.24) is 5.32 Å². The van der Waals surface area contributed by atoms with Gasteiger partial charge in [-0.1, -0.05) is 0 Å². The molecule has 0 saturated carbocycles. The van der Waals surface area contributed by atoms with Gasteiger partial charge in [0, 0.05) is 32.1 Å². The van der Waals surface area contributed by atoms with Crippen molar-refractivity contribution >= 4 is 29.1 Å². The van der Waals surface area contributed by atoms with Crippen LogP contribution in [0.15, 0.2) is 12.1 Å². The van der Waals surface area contributed by atoms with E-state index in [1.807, 2.05) is 0 Å². The molecule has 2 saturated heterocycles. The maximum Gasteiger partial charge on any atom is 0.415 e. The number of halogens is 1. The fourth-order valence-corrected chi connectivity index (χ4v) is 3.03. The second-order valence-corrected chi connectivity index (χ2v) is 6.20. The highest BCUT2D eigenvalue weighted by molar-refractivity contribution is 5.93. The van der Waals surface area contributed by atoms with Crippen LogP contribution in [-0.4, -0.2) is 62.4 Å². The summed E-state index contributed by atoms with van der Waals surface area (Å²) in [7, 11) is 0. The van der Waals surface area contributed by atoms with E-state index >= 15 is 0 Å². The predicted octanol–water partition coefficient (Wildman–Crippen LogP) is 1.03. The number of hydrogen-bond acceptors (Lipinski definition) is 7. The van der Waals surface area contributed by atoms with Crippen LogP contribution in [-0.2, 0) is 14.3 Å². The number of anilines is 2. The van der Waals surface area contributed by atoms with E-state index in [-0.39, 0.29) is 30.4 Å². The SMILES string of the molecule is CC(=O)NC[C@H]1CN(c2cc(F)c(N3CCOCC3)cc2[N+](=O)[O-])C(=O)O1. The van der Waals surface area contributed by atoms with Gasteiger partial charge in [-0.05, 0) is 0 Å². The lowest BCUT2D eigenvalue weighted by atomic mass is 10.2. The Morgan fingerprint density at radius 3 is 2.70 bits per heavy atom. The quantitative estimate of drug-likeness (QED) is 0.597. The number of morpholine rings is 1. The van der Waals surface area contributed by atoms with Gasteiger partial charge in [0.05, 0.1) is 36.9 Å². The molecule has 1 aromatic carbocycles. The minimum absolute atomic E-state index is 0.0315. The Bertz CT molecular complexity index is 768. The first-order chi connectivity index (χ1) is 12.9. The van der Waals surface area contributed by atoms with Gasteiger partial charge in [-0.3, -0.25) is 19.8 Å². The third-order valence-corrected chi connectivity index (χ3v) is 4.34. The minimum Gasteiger partial charge on any atom is -0.442 e. The van der Waals surface area contributed by atoms with Crippen LogP contribution in [0.5, 0.6) is 0 Å². The Hall–Kier alpha value is -2.95. The second kappa shape index (κ2) is 7.74. The number of nitrogens with zero attached hydrogens (tertiary/aromatic N) is 3. The van der Waals surface area contributed by atoms with Crippen LogP contribution in [0.25, 0.3) is 0 Å². The molecular formula is C16H19FN4O6. The maximum atomic E-state index is 14.7. The standard InChI is InChI=1S/C16H19FN4O6/c1-10(22)18-8-11-9-20(16(23)27-11)14-6-12(17)13(7-15(14)21(24)25)19-2-4-26-5-3-19/h6-7,11H,2-5,8-9H2,1H3,(H,18,22)/t11-/m0/s1. The predicted molar refractivity (Wildman–Crippen MR) is 92.4 cm³/mol. The highest BCUT2D eigenvalue weighted by Crippen LogP contribution is 2.37. The Morgan fingerprint density at radius 1 is 1.37 bits per heavy atom. The molecule has 10 nitrogen and oxygen atoms in total. The summed E-state index contributed by atoms with van der Waals surface area (Å²) in [6.45, 7) is 2.99. The summed E-state index contributed by atoms with van der Waals surface area (Å²) in [5.41, 5.74) is -0.476. The van der Waals surface area contributed by atoms with E-state index in [1.165, 1.54) is 6.92 Å². The zero-order chi connectivity index (χ0) is 19.6. The molecule has 0 radical (unpaired) electrons. The van der Waals surface area contributed by atoms with E-state index in [0.717, 1.165) is 17.0 Å². The molecule has 3 rings (SSSR count). The molecule has 2 heterocycles. The first-order valence-corrected chi connectivity index (χ1v) is 8.40. The second-order valence-electron chi connectivity index (χ2n) is 6.20. The summed E-state index contributed by atoms with van der Waals surface area (Å²) in [5, 5.41) is 14.0. The van der Waals surface area contributed by atoms with Gasteiger partial charge >= 0.3 is 6.09 Å². The number of cyclic esters (lactones) is 1. The average Bonchev–Trinajstić information content (AvgIpc) is 3.01. The Balaban J connectivity index is 1.88. The largest absolute Gasteiger partial charge is 0.442 e. The van der Waals surface area contributed by atoms with Gasteiger partial charge in [-0.2, -0.15) is 0 Å². The first-order valence-electron chi connectivity index (χ1n) is 8.40. The summed E-state index contributed by atoms with van der Waals surface area (Å²) in [5.74, 6) is -0.966. The van der Waals surface area contributed by atoms with Gasteiger partial charge in [0.25, 0.3) is 5.69 Å². The van der Waals surface area contributed by atoms with Gasteiger partial charge < -0.3 is 19.7 Å². The summed E-state index contributed by atoms with van der Waals surface area (Å²) < 4.78 is 25.0. The van der Waals surface area contributed by atoms with Crippen LogP contribution in [0.2, 0.25) is 0 Å². The molecule has 0 aromatic heterocycles. The highest BCUT2D eigenvalue weighted by Gasteiger charge is 2.37. The summed E-state index contributed by atoms with van der Waals surface area (Å²) >= 11 is 0. The van der Waals surface area contributed by atoms with Crippen molar-refractivity contribution in [3.05, 3.63) is 28.1 Å². The van der Waals surface area contributed by atoms with Crippen LogP contribution in [0.4, 0.5) is 26.2 Å². The minimum atomic E-state index is -0.827. The topological polar surface area (TPSA) is 114 Å². The van der Waals surface area contributed by atoms with Crippen LogP contribution >= 0.6 is 0 Å². The molecule has 0 unspecified atom stereocenters. The number of nitro groups is 1. The van der Waals surface area contributed by atoms with Gasteiger partial charge in [-0.15, -0.1) is 0 Å². The van der Waals surface area contributed by atoms with Crippen LogP contribution in [0.3, 0.4) is 0 Å². The lowest BCUT2D eigenvalue weighted by Crippen LogP contribution is -2.37. The van der Waals surface area contributed by atoms with E-state index in [9.17, 15) is 24.1 Å². The molecule has 0 aliphatic carbocycles. The molecule has 0 spiro atoms. The van der Waals surface area contributed by atoms with Gasteiger partial charge in [-0.25, -0.2) is 9.18 Å². The van der Waals surface area contributed by atoms with Crippen molar-refractivity contribution in [3.63, 3.8) is 0 Å². The van der Waals surface area contributed by atoms with Crippen molar-refractivity contribution in [3.8, 4) is 0 Å². The zero-order valence-electron chi connectivity index (χ0n) is 14.6. The molecule has 27 heavy (non-hydrogen) atoms. The smallest absolute Gasteiger partial charge is 0.415 e. The maximum absolute atomic E-state index is 14.7. The zero-order valence-corrected chi connectivity index (χ0v) is 14.6. The fourth-order valence-electron chi connectivity index (χ4n) is 3.03. The van der Waals surface area contributed by atoms with E-state index < -0.39 is 28.6 Å². The molecule has 1 aromatic rings. The van der Waals surface area contributed by atoms with E-state index in [2.05, 4.69) is 5.32 Å². The third kappa shape index (κ3) is 4.08. The molecule has 146 valence electrons. The van der Waals surface area contributed by atoms with Crippen LogP contribution in [0, 0.1) is 15.9 Å². The van der Waals surface area contributed by atoms with E-state index in [4.69, 9.17) is 9.47 Å². The van der Waals surface area contributed by atoms with Crippen molar-refractivity contribution < 1.29 is 28.4 Å². The monoisotopic (exact) mass is 382 g/mol. The van der Waals surface area contributed by atoms with Crippen molar-refractivity contribution in [1.29, 1.82) is 0 Å². The lowest BCUT2D eigenvalue weighted by Gasteiger charge is -2.29. The summed E-state index contributed by atoms with van der Waals surface area (Å²) in [6.07, 6.45) is -1.50. The Labute approximate surface area is 154 Å². The van der Waals surface area contributed by atoms with E-state index in [1.54, 1.807) is 4.90 Å². The third-order valence-electron chi connectivity index (χ3n) is 4.34. The Kier molecular flexibility index (Phi) is 5.40. The molecule has 2 aliphatic heterocycles. The fraction of sp³-hybridized carbons (Fsp3) is 0.500. The average molecular weight is 382 g/mol. The number of amides is 2. The number of carbonyl (C=O) groups is 2. The first kappa shape index (κ1) is 18.8. The highest BCUT2D eigenvalue weighted by atomic mass is 19.1. The Morgan fingerprint density at radius 2 is 2.07 bits per heavy atom. The molecule has 2 aliphatic rings. The molecule has 11 heteroatoms. The molecule has 2 amide bonds. The number of rotatable bonds is 5. The van der Waals surface area contributed by atoms with Crippen molar-refractivity contribution in [2.75, 3.05) is 49.2 Å². The van der Waals surface area contributed by atoms with Gasteiger partial charge in [0.2, 0.25) is 5.91 Å². The molecule has 2 fully saturated rings. The lowest BCUT2D eigenvalue weighted by molar-refractivity contribution is -0.384. The number of ether oxygens (including phenoxy) is 2. The molecule has 0 bridgehead atoms. The number of nitro benzene ring substituents is 1. The molecule has 1 N–H and O–H groups in total. The molecular weight excluding hydrogens is 363 g/mol. The number of benzene rings is 1. The summed E-state index contributed by atoms with van der Waals surface area (Å²) in [6, 6.07) is 2.11. The van der Waals surface area contributed by atoms with Crippen LogP contribution < -0.4 is 15.1 Å². The number of carbonyl (C=O) groups excluding carboxylic acids is 2. The van der Waals surface area contributed by atoms with Gasteiger partial charge in [0.1, 0.15) is 17.6 Å². The normalized spacial score (nSPS) is 19.8. The number of nitrogens with one attached hydrogen (secondary N) is 1.